The van der Waals surface area contributed by atoms with Gasteiger partial charge in [0.15, 0.2) is 0 Å². The van der Waals surface area contributed by atoms with Crippen molar-refractivity contribution in [2.24, 2.45) is 0 Å². The summed E-state index contributed by atoms with van der Waals surface area (Å²) in [6.07, 6.45) is 3.73. The number of rotatable bonds is 5. The molecule has 0 saturated heterocycles. The van der Waals surface area contributed by atoms with Crippen molar-refractivity contribution >= 4 is 11.0 Å². The number of fused-ring (bicyclic) bond motifs is 1. The average Bonchev–Trinajstić information content (AvgIpc) is 3.47. The van der Waals surface area contributed by atoms with Crippen LogP contribution in [0.25, 0.3) is 61.8 Å². The van der Waals surface area contributed by atoms with E-state index in [0.29, 0.717) is 11.4 Å². The fourth-order valence-electron chi connectivity index (χ4n) is 6.82. The Hall–Kier alpha value is -5.55. The summed E-state index contributed by atoms with van der Waals surface area (Å²) in [7, 11) is 0. The minimum Gasteiger partial charge on any atom is -0.507 e. The number of phenolic OH excluding ortho intramolecular Hbond substituents is 1. The van der Waals surface area contributed by atoms with Crippen LogP contribution in [0.5, 0.6) is 5.75 Å². The molecule has 50 heavy (non-hydrogen) atoms. The molecule has 0 bridgehead atoms. The molecule has 7 aromatic rings. The highest BCUT2D eigenvalue weighted by molar-refractivity contribution is 5.95. The largest absolute Gasteiger partial charge is 0.507 e. The quantitative estimate of drug-likeness (QED) is 0.200. The second-order valence-corrected chi connectivity index (χ2v) is 15.3. The lowest BCUT2D eigenvalue weighted by Crippen LogP contribution is -2.17. The first-order valence-electron chi connectivity index (χ1n) is 17.3. The van der Waals surface area contributed by atoms with Crippen LogP contribution in [0.15, 0.2) is 116 Å². The third kappa shape index (κ3) is 5.98. The molecule has 0 aliphatic carbocycles. The molecule has 0 amide bonds. The maximum atomic E-state index is 12.1. The van der Waals surface area contributed by atoms with Gasteiger partial charge in [-0.3, -0.25) is 14.5 Å². The van der Waals surface area contributed by atoms with Crippen molar-refractivity contribution in [3.63, 3.8) is 0 Å². The molecule has 1 N–H and O–H groups in total. The van der Waals surface area contributed by atoms with Gasteiger partial charge >= 0.3 is 0 Å². The monoisotopic (exact) mass is 656 g/mol. The lowest BCUT2D eigenvalue weighted by Gasteiger charge is -2.27. The molecule has 0 aliphatic rings. The topological polar surface area (TPSA) is 63.8 Å². The lowest BCUT2D eigenvalue weighted by molar-refractivity contribution is 0.446. The van der Waals surface area contributed by atoms with Crippen LogP contribution < -0.4 is 0 Å². The fourth-order valence-corrected chi connectivity index (χ4v) is 6.82. The molecule has 0 aliphatic heterocycles. The first kappa shape index (κ1) is 33.0. The molecule has 5 nitrogen and oxygen atoms in total. The van der Waals surface area contributed by atoms with Crippen molar-refractivity contribution in [2.75, 3.05) is 0 Å². The highest BCUT2D eigenvalue weighted by Crippen LogP contribution is 2.44. The second-order valence-electron chi connectivity index (χ2n) is 15.3. The van der Waals surface area contributed by atoms with E-state index in [1.807, 2.05) is 30.6 Å². The van der Waals surface area contributed by atoms with Crippen molar-refractivity contribution in [1.82, 2.24) is 19.5 Å². The number of pyridine rings is 2. The summed E-state index contributed by atoms with van der Waals surface area (Å²) in [5, 5.41) is 12.1. The van der Waals surface area contributed by atoms with Crippen molar-refractivity contribution in [2.45, 2.75) is 66.2 Å². The van der Waals surface area contributed by atoms with E-state index in [4.69, 9.17) is 15.0 Å². The Kier molecular flexibility index (Phi) is 8.18. The number of hydrogen-bond acceptors (Lipinski definition) is 4. The Bertz CT molecular complexity index is 2350. The number of nitrogens with zero attached hydrogens (tertiary/aromatic N) is 4. The van der Waals surface area contributed by atoms with Crippen LogP contribution >= 0.6 is 0 Å². The molecule has 0 fully saturated rings. The second kappa shape index (κ2) is 12.4. The summed E-state index contributed by atoms with van der Waals surface area (Å²) in [5.41, 5.74) is 13.2. The zero-order valence-corrected chi connectivity index (χ0v) is 30.2. The molecule has 250 valence electrons. The number of imidazole rings is 1. The van der Waals surface area contributed by atoms with Gasteiger partial charge in [0.25, 0.3) is 0 Å². The number of hydrogen-bond donors (Lipinski definition) is 1. The molecule has 0 saturated carbocycles. The minimum absolute atomic E-state index is 0.142. The summed E-state index contributed by atoms with van der Waals surface area (Å²) in [5.74, 6) is 0.948. The molecular weight excluding hydrogens is 613 g/mol. The third-order valence-electron chi connectivity index (χ3n) is 9.56. The van der Waals surface area contributed by atoms with Crippen molar-refractivity contribution < 1.29 is 5.11 Å². The number of aromatic hydroxyl groups is 1. The van der Waals surface area contributed by atoms with E-state index in [9.17, 15) is 5.11 Å². The van der Waals surface area contributed by atoms with Gasteiger partial charge in [-0.2, -0.15) is 0 Å². The van der Waals surface area contributed by atoms with Gasteiger partial charge in [0.2, 0.25) is 0 Å². The summed E-state index contributed by atoms with van der Waals surface area (Å²) < 4.78 is 2.22. The van der Waals surface area contributed by atoms with E-state index in [2.05, 4.69) is 145 Å². The van der Waals surface area contributed by atoms with Gasteiger partial charge in [0.1, 0.15) is 17.1 Å². The highest BCUT2D eigenvalue weighted by Gasteiger charge is 2.29. The van der Waals surface area contributed by atoms with E-state index in [1.54, 1.807) is 0 Å². The van der Waals surface area contributed by atoms with Crippen LogP contribution in [0.1, 0.15) is 63.8 Å². The maximum absolute atomic E-state index is 12.1. The molecule has 0 spiro atoms. The zero-order valence-electron chi connectivity index (χ0n) is 30.2. The molecule has 0 atom stereocenters. The SMILES string of the molecule is Cc1cccc(C)c1-n1c(-c2cc(C(C)(C)C)cc(C(C)(C)C)c2O)nc2c(-c3cccc(-c4cc(-c5ccccc5)ccn4)c3)nccc21. The Morgan fingerprint density at radius 3 is 1.96 bits per heavy atom. The van der Waals surface area contributed by atoms with Gasteiger partial charge in [-0.1, -0.05) is 114 Å². The molecular formula is C45H44N4O. The van der Waals surface area contributed by atoms with Gasteiger partial charge in [0.05, 0.1) is 28.2 Å². The van der Waals surface area contributed by atoms with Crippen LogP contribution in [-0.2, 0) is 10.8 Å². The lowest BCUT2D eigenvalue weighted by atomic mass is 9.79. The normalized spacial score (nSPS) is 12.1. The number of aromatic nitrogens is 4. The summed E-state index contributed by atoms with van der Waals surface area (Å²) >= 11 is 0. The number of benzene rings is 4. The molecule has 0 radical (unpaired) electrons. The summed E-state index contributed by atoms with van der Waals surface area (Å²) in [6, 6.07) is 35.6. The molecule has 5 heteroatoms. The molecule has 3 aromatic heterocycles. The third-order valence-corrected chi connectivity index (χ3v) is 9.56. The molecule has 7 rings (SSSR count). The van der Waals surface area contributed by atoms with Crippen molar-refractivity contribution in [3.05, 3.63) is 138 Å². The Morgan fingerprint density at radius 2 is 1.26 bits per heavy atom. The number of phenols is 1. The molecule has 4 aromatic carbocycles. The van der Waals surface area contributed by atoms with E-state index in [-0.39, 0.29) is 16.6 Å². The van der Waals surface area contributed by atoms with Gasteiger partial charge in [-0.05, 0) is 82.8 Å². The number of aryl methyl sites for hydroxylation is 2. The van der Waals surface area contributed by atoms with Crippen LogP contribution in [0, 0.1) is 13.8 Å². The van der Waals surface area contributed by atoms with E-state index < -0.39 is 0 Å². The van der Waals surface area contributed by atoms with Crippen LogP contribution in [0.3, 0.4) is 0 Å². The van der Waals surface area contributed by atoms with E-state index >= 15 is 0 Å². The van der Waals surface area contributed by atoms with Crippen molar-refractivity contribution in [3.8, 4) is 56.5 Å². The first-order valence-corrected chi connectivity index (χ1v) is 17.3. The summed E-state index contributed by atoms with van der Waals surface area (Å²) in [6.45, 7) is 17.3. The fraction of sp³-hybridized carbons (Fsp3) is 0.222. The predicted octanol–water partition coefficient (Wildman–Crippen LogP) is 11.4. The Labute approximate surface area is 295 Å². The summed E-state index contributed by atoms with van der Waals surface area (Å²) in [4.78, 5) is 15.1. The smallest absolute Gasteiger partial charge is 0.149 e. The Balaban J connectivity index is 1.48. The van der Waals surface area contributed by atoms with Crippen LogP contribution in [0.2, 0.25) is 0 Å². The van der Waals surface area contributed by atoms with Gasteiger partial charge in [-0.15, -0.1) is 0 Å². The van der Waals surface area contributed by atoms with E-state index in [0.717, 1.165) is 72.6 Å². The van der Waals surface area contributed by atoms with Crippen LogP contribution in [-0.4, -0.2) is 24.6 Å². The Morgan fingerprint density at radius 1 is 0.600 bits per heavy atom. The zero-order chi connectivity index (χ0) is 35.4. The number of para-hydroxylation sites is 1. The van der Waals surface area contributed by atoms with Crippen LogP contribution in [0.4, 0.5) is 0 Å². The van der Waals surface area contributed by atoms with Gasteiger partial charge in [0, 0.05) is 29.1 Å². The van der Waals surface area contributed by atoms with Gasteiger partial charge in [-0.25, -0.2) is 4.98 Å². The van der Waals surface area contributed by atoms with Crippen molar-refractivity contribution in [1.29, 1.82) is 0 Å². The van der Waals surface area contributed by atoms with E-state index in [1.165, 1.54) is 0 Å². The standard InChI is InChI=1S/C45H44N4O/c1-28-14-12-15-29(2)41(28)49-38-21-23-47-39(33-19-13-18-32(24-33)37-25-31(20-22-46-37)30-16-10-9-11-17-30)40(38)48-43(49)35-26-34(44(3,4)5)27-36(42(35)50)45(6,7)8/h9-27,50H,1-8H3. The van der Waals surface area contributed by atoms with Gasteiger partial charge < -0.3 is 5.11 Å². The first-order chi connectivity index (χ1) is 23.8. The predicted molar refractivity (Wildman–Crippen MR) is 207 cm³/mol. The average molecular weight is 657 g/mol. The maximum Gasteiger partial charge on any atom is 0.149 e. The molecule has 3 heterocycles. The highest BCUT2D eigenvalue weighted by atomic mass is 16.3. The molecule has 0 unspecified atom stereocenters. The minimum atomic E-state index is -0.283.